The van der Waals surface area contributed by atoms with E-state index in [0.717, 1.165) is 60.7 Å². The second-order valence-corrected chi connectivity index (χ2v) is 13.1. The monoisotopic (exact) mass is 605 g/mol. The van der Waals surface area contributed by atoms with Crippen LogP contribution in [0.4, 0.5) is 0 Å². The molecule has 0 saturated carbocycles. The molecule has 0 fully saturated rings. The number of nitrogens with zero attached hydrogens (tertiary/aromatic N) is 1. The lowest BCUT2D eigenvalue weighted by Crippen LogP contribution is -1.95. The van der Waals surface area contributed by atoms with E-state index < -0.39 is 0 Å². The number of thiophene rings is 1. The lowest BCUT2D eigenvalue weighted by atomic mass is 10.0. The molecule has 11 aromatic rings. The van der Waals surface area contributed by atoms with E-state index in [1.807, 2.05) is 23.5 Å². The van der Waals surface area contributed by atoms with E-state index in [-0.39, 0.29) is 0 Å². The number of hydrogen-bond acceptors (Lipinski definition) is 3. The molecule has 214 valence electrons. The van der Waals surface area contributed by atoms with Crippen molar-refractivity contribution in [2.24, 2.45) is 0 Å². The molecule has 0 aliphatic rings. The van der Waals surface area contributed by atoms with Crippen molar-refractivity contribution >= 4 is 97.2 Å². The number of furan rings is 2. The molecule has 4 heteroatoms. The van der Waals surface area contributed by atoms with Crippen LogP contribution in [0.2, 0.25) is 0 Å². The van der Waals surface area contributed by atoms with Crippen LogP contribution < -0.4 is 0 Å². The molecule has 0 saturated heterocycles. The van der Waals surface area contributed by atoms with E-state index in [1.165, 1.54) is 42.0 Å². The summed E-state index contributed by atoms with van der Waals surface area (Å²) in [6.45, 7) is 0. The first-order chi connectivity index (χ1) is 22.8. The Labute approximate surface area is 266 Å². The van der Waals surface area contributed by atoms with Crippen molar-refractivity contribution < 1.29 is 8.83 Å². The van der Waals surface area contributed by atoms with Gasteiger partial charge >= 0.3 is 0 Å². The second kappa shape index (κ2) is 8.87. The Balaban J connectivity index is 1.22. The molecular formula is C42H23NO2S. The summed E-state index contributed by atoms with van der Waals surface area (Å²) in [5.41, 5.74) is 9.36. The molecule has 0 aliphatic carbocycles. The van der Waals surface area contributed by atoms with Crippen LogP contribution in [0, 0.1) is 0 Å². The lowest BCUT2D eigenvalue weighted by molar-refractivity contribution is 0.669. The smallest absolute Gasteiger partial charge is 0.137 e. The summed E-state index contributed by atoms with van der Waals surface area (Å²) in [6.07, 6.45) is 0. The van der Waals surface area contributed by atoms with Gasteiger partial charge in [0.2, 0.25) is 0 Å². The highest BCUT2D eigenvalue weighted by molar-refractivity contribution is 7.26. The van der Waals surface area contributed by atoms with Gasteiger partial charge in [-0.25, -0.2) is 0 Å². The maximum absolute atomic E-state index is 6.53. The van der Waals surface area contributed by atoms with E-state index >= 15 is 0 Å². The highest BCUT2D eigenvalue weighted by Crippen LogP contribution is 2.45. The molecule has 0 bridgehead atoms. The van der Waals surface area contributed by atoms with Crippen LogP contribution >= 0.6 is 11.3 Å². The van der Waals surface area contributed by atoms with Gasteiger partial charge in [0, 0.05) is 47.1 Å². The van der Waals surface area contributed by atoms with E-state index in [9.17, 15) is 0 Å². The van der Waals surface area contributed by atoms with Crippen molar-refractivity contribution in [1.82, 2.24) is 4.57 Å². The highest BCUT2D eigenvalue weighted by Gasteiger charge is 2.21. The zero-order chi connectivity index (χ0) is 29.9. The minimum Gasteiger partial charge on any atom is -0.456 e. The van der Waals surface area contributed by atoms with Crippen LogP contribution in [0.5, 0.6) is 0 Å². The maximum atomic E-state index is 6.53. The molecule has 0 radical (unpaired) electrons. The minimum absolute atomic E-state index is 0.878. The quantitative estimate of drug-likeness (QED) is 0.196. The van der Waals surface area contributed by atoms with E-state index in [0.29, 0.717) is 0 Å². The predicted molar refractivity (Wildman–Crippen MR) is 194 cm³/mol. The van der Waals surface area contributed by atoms with Crippen molar-refractivity contribution in [3.63, 3.8) is 0 Å². The van der Waals surface area contributed by atoms with Gasteiger partial charge in [0.15, 0.2) is 0 Å². The van der Waals surface area contributed by atoms with E-state index in [1.54, 1.807) is 0 Å². The molecule has 4 aromatic heterocycles. The Kier molecular flexibility index (Phi) is 4.72. The molecule has 0 unspecified atom stereocenters. The third-order valence-corrected chi connectivity index (χ3v) is 10.7. The third kappa shape index (κ3) is 3.21. The van der Waals surface area contributed by atoms with Gasteiger partial charge in [-0.1, -0.05) is 78.9 Å². The first-order valence-electron chi connectivity index (χ1n) is 15.5. The number of fused-ring (bicyclic) bond motifs is 13. The first-order valence-corrected chi connectivity index (χ1v) is 16.3. The van der Waals surface area contributed by atoms with Gasteiger partial charge < -0.3 is 13.4 Å². The van der Waals surface area contributed by atoms with Crippen LogP contribution in [0.25, 0.3) is 103 Å². The number of benzene rings is 7. The van der Waals surface area contributed by atoms with Crippen LogP contribution in [0.15, 0.2) is 148 Å². The van der Waals surface area contributed by atoms with Crippen LogP contribution in [0.3, 0.4) is 0 Å². The van der Waals surface area contributed by atoms with Gasteiger partial charge in [-0.2, -0.15) is 0 Å². The molecule has 0 aliphatic heterocycles. The molecule has 3 nitrogen and oxygen atoms in total. The van der Waals surface area contributed by atoms with E-state index in [4.69, 9.17) is 8.83 Å². The first kappa shape index (κ1) is 24.5. The highest BCUT2D eigenvalue weighted by atomic mass is 32.1. The normalized spacial score (nSPS) is 12.3. The topological polar surface area (TPSA) is 31.2 Å². The van der Waals surface area contributed by atoms with Crippen molar-refractivity contribution in [3.05, 3.63) is 140 Å². The Morgan fingerprint density at radius 1 is 0.413 bits per heavy atom. The molecule has 0 spiro atoms. The SMILES string of the molecule is c1ccc2c(c1)oc1cc(-c3ccc4oc5cccc(-n6c7ccccc7c7ccc8sc9ccccc9c8c76)c5c4c3)ccc12. The third-order valence-electron chi connectivity index (χ3n) is 9.60. The number of hydrogen-bond donors (Lipinski definition) is 0. The Morgan fingerprint density at radius 2 is 1.11 bits per heavy atom. The minimum atomic E-state index is 0.878. The maximum Gasteiger partial charge on any atom is 0.137 e. The summed E-state index contributed by atoms with van der Waals surface area (Å²) in [5.74, 6) is 0. The van der Waals surface area contributed by atoms with Crippen molar-refractivity contribution in [3.8, 4) is 16.8 Å². The molecule has 46 heavy (non-hydrogen) atoms. The standard InChI is InChI=1S/C42H23NO2S/c1-4-11-32-26(8-1)29-19-21-39-41(30-10-3-6-15-38(30)46-39)42(29)43(32)33-12-7-14-36-40(33)31-22-24(17-20-35(31)44-36)25-16-18-28-27-9-2-5-13-34(27)45-37(28)23-25/h1-23H. The number of para-hydroxylation sites is 2. The summed E-state index contributed by atoms with van der Waals surface area (Å²) in [7, 11) is 0. The molecule has 0 amide bonds. The van der Waals surface area contributed by atoms with Crippen LogP contribution in [0.1, 0.15) is 0 Å². The zero-order valence-corrected chi connectivity index (χ0v) is 25.3. The summed E-state index contributed by atoms with van der Waals surface area (Å²) in [4.78, 5) is 0. The van der Waals surface area contributed by atoms with Gasteiger partial charge in [-0.3, -0.25) is 0 Å². The summed E-state index contributed by atoms with van der Waals surface area (Å²) >= 11 is 1.86. The van der Waals surface area contributed by atoms with Crippen LogP contribution in [-0.2, 0) is 0 Å². The number of rotatable bonds is 2. The second-order valence-electron chi connectivity index (χ2n) is 12.1. The van der Waals surface area contributed by atoms with Crippen molar-refractivity contribution in [2.45, 2.75) is 0 Å². The lowest BCUT2D eigenvalue weighted by Gasteiger charge is -2.11. The van der Waals surface area contributed by atoms with Gasteiger partial charge in [-0.05, 0) is 71.8 Å². The van der Waals surface area contributed by atoms with Gasteiger partial charge in [0.25, 0.3) is 0 Å². The van der Waals surface area contributed by atoms with Gasteiger partial charge in [0.1, 0.15) is 22.3 Å². The van der Waals surface area contributed by atoms with Crippen LogP contribution in [-0.4, -0.2) is 4.57 Å². The molecule has 11 rings (SSSR count). The molecule has 7 aromatic carbocycles. The fourth-order valence-corrected chi connectivity index (χ4v) is 8.70. The van der Waals surface area contributed by atoms with Gasteiger partial charge in [-0.15, -0.1) is 11.3 Å². The average Bonchev–Trinajstić information content (AvgIpc) is 3.86. The largest absolute Gasteiger partial charge is 0.456 e. The summed E-state index contributed by atoms with van der Waals surface area (Å²) in [5, 5.41) is 9.60. The zero-order valence-electron chi connectivity index (χ0n) is 24.5. The van der Waals surface area contributed by atoms with Crippen molar-refractivity contribution in [2.75, 3.05) is 0 Å². The fourth-order valence-electron chi connectivity index (χ4n) is 7.59. The predicted octanol–water partition coefficient (Wildman–Crippen LogP) is 12.6. The van der Waals surface area contributed by atoms with E-state index in [2.05, 4.69) is 132 Å². The Hall–Kier alpha value is -5.84. The fraction of sp³-hybridized carbons (Fsp3) is 0. The molecule has 0 atom stereocenters. The number of aromatic nitrogens is 1. The molecular weight excluding hydrogens is 583 g/mol. The molecule has 4 heterocycles. The summed E-state index contributed by atoms with van der Waals surface area (Å²) < 4.78 is 17.8. The Morgan fingerprint density at radius 3 is 2.07 bits per heavy atom. The Bertz CT molecular complexity index is 3040. The van der Waals surface area contributed by atoms with Gasteiger partial charge in [0.05, 0.1) is 22.1 Å². The average molecular weight is 606 g/mol. The van der Waals surface area contributed by atoms with Crippen molar-refractivity contribution in [1.29, 1.82) is 0 Å². The molecule has 0 N–H and O–H groups in total. The summed E-state index contributed by atoms with van der Waals surface area (Å²) in [6, 6.07) is 49.8.